The maximum absolute atomic E-state index is 12.6. The van der Waals surface area contributed by atoms with Crippen LogP contribution in [0.5, 0.6) is 0 Å². The molecule has 7 heteroatoms. The van der Waals surface area contributed by atoms with E-state index in [9.17, 15) is 9.90 Å². The largest absolute Gasteiger partial charge is 0.391 e. The lowest BCUT2D eigenvalue weighted by atomic mass is 10.1. The van der Waals surface area contributed by atoms with Gasteiger partial charge in [-0.2, -0.15) is 5.10 Å². The number of fused-ring (bicyclic) bond motifs is 1. The average Bonchev–Trinajstić information content (AvgIpc) is 3.09. The molecule has 1 amide bonds. The van der Waals surface area contributed by atoms with Gasteiger partial charge < -0.3 is 15.7 Å². The molecule has 0 radical (unpaired) electrons. The molecule has 23 heavy (non-hydrogen) atoms. The molecule has 2 atom stereocenters. The van der Waals surface area contributed by atoms with Gasteiger partial charge in [0.05, 0.1) is 23.3 Å². The lowest BCUT2D eigenvalue weighted by Gasteiger charge is -2.14. The van der Waals surface area contributed by atoms with E-state index < -0.39 is 6.10 Å². The number of aryl methyl sites for hydroxylation is 1. The van der Waals surface area contributed by atoms with Gasteiger partial charge in [-0.25, -0.2) is 9.67 Å². The maximum Gasteiger partial charge on any atom is 0.252 e. The number of nitrogens with zero attached hydrogens (tertiary/aromatic N) is 3. The highest BCUT2D eigenvalue weighted by Gasteiger charge is 2.25. The molecule has 0 aromatic carbocycles. The second kappa shape index (κ2) is 6.25. The van der Waals surface area contributed by atoms with Crippen molar-refractivity contribution in [2.75, 3.05) is 19.6 Å². The molecule has 0 aliphatic carbocycles. The Labute approximate surface area is 135 Å². The second-order valence-electron chi connectivity index (χ2n) is 6.43. The van der Waals surface area contributed by atoms with Gasteiger partial charge in [-0.15, -0.1) is 0 Å². The van der Waals surface area contributed by atoms with Gasteiger partial charge in [0.25, 0.3) is 5.91 Å². The molecule has 0 saturated carbocycles. The summed E-state index contributed by atoms with van der Waals surface area (Å²) in [5, 5.41) is 21.0. The minimum atomic E-state index is -0.404. The molecule has 3 heterocycles. The summed E-state index contributed by atoms with van der Waals surface area (Å²) in [4.78, 5) is 17.1. The molecule has 2 unspecified atom stereocenters. The fraction of sp³-hybridized carbons (Fsp3) is 0.562. The average molecular weight is 317 g/mol. The monoisotopic (exact) mass is 317 g/mol. The lowest BCUT2D eigenvalue weighted by molar-refractivity contribution is 0.0928. The highest BCUT2D eigenvalue weighted by Crippen LogP contribution is 2.21. The van der Waals surface area contributed by atoms with Gasteiger partial charge in [-0.3, -0.25) is 4.79 Å². The Bertz CT molecular complexity index is 725. The fourth-order valence-electron chi connectivity index (χ4n) is 2.96. The van der Waals surface area contributed by atoms with E-state index in [0.29, 0.717) is 18.7 Å². The molecule has 1 aliphatic rings. The van der Waals surface area contributed by atoms with E-state index in [2.05, 4.69) is 20.7 Å². The number of pyridine rings is 1. The van der Waals surface area contributed by atoms with Crippen LogP contribution in [0.25, 0.3) is 11.0 Å². The number of carbonyl (C=O) groups excluding carboxylic acids is 1. The Morgan fingerprint density at radius 3 is 2.96 bits per heavy atom. The van der Waals surface area contributed by atoms with Gasteiger partial charge in [0, 0.05) is 37.3 Å². The number of amides is 1. The highest BCUT2D eigenvalue weighted by atomic mass is 16.3. The molecular formula is C16H23N5O2. The highest BCUT2D eigenvalue weighted by molar-refractivity contribution is 6.05. The summed E-state index contributed by atoms with van der Waals surface area (Å²) in [6.45, 7) is 7.69. The first-order chi connectivity index (χ1) is 11.0. The second-order valence-corrected chi connectivity index (χ2v) is 6.43. The van der Waals surface area contributed by atoms with Crippen molar-refractivity contribution in [1.29, 1.82) is 0 Å². The number of nitrogens with one attached hydrogen (secondary N) is 2. The minimum absolute atomic E-state index is 0.0516. The van der Waals surface area contributed by atoms with E-state index in [1.165, 1.54) is 0 Å². The van der Waals surface area contributed by atoms with Crippen LogP contribution < -0.4 is 10.6 Å². The number of carbonyl (C=O) groups is 1. The third-order valence-corrected chi connectivity index (χ3v) is 4.26. The fourth-order valence-corrected chi connectivity index (χ4v) is 2.96. The molecule has 124 valence electrons. The van der Waals surface area contributed by atoms with Crippen molar-refractivity contribution in [2.24, 2.45) is 5.92 Å². The van der Waals surface area contributed by atoms with E-state index >= 15 is 0 Å². The Kier molecular flexibility index (Phi) is 4.32. The summed E-state index contributed by atoms with van der Waals surface area (Å²) in [7, 11) is 0. The molecule has 1 fully saturated rings. The van der Waals surface area contributed by atoms with Gasteiger partial charge in [-0.1, -0.05) is 0 Å². The van der Waals surface area contributed by atoms with Crippen molar-refractivity contribution >= 4 is 16.9 Å². The first kappa shape index (κ1) is 15.9. The summed E-state index contributed by atoms with van der Waals surface area (Å²) >= 11 is 0. The number of aliphatic hydroxyl groups is 1. The van der Waals surface area contributed by atoms with E-state index in [4.69, 9.17) is 0 Å². The van der Waals surface area contributed by atoms with Crippen LogP contribution in [0.3, 0.4) is 0 Å². The molecular weight excluding hydrogens is 294 g/mol. The summed E-state index contributed by atoms with van der Waals surface area (Å²) in [6.07, 6.45) is 1.29. The van der Waals surface area contributed by atoms with Gasteiger partial charge in [0.2, 0.25) is 0 Å². The Morgan fingerprint density at radius 1 is 1.52 bits per heavy atom. The molecule has 7 nitrogen and oxygen atoms in total. The normalized spacial score (nSPS) is 21.3. The smallest absolute Gasteiger partial charge is 0.252 e. The molecule has 2 aromatic heterocycles. The van der Waals surface area contributed by atoms with Gasteiger partial charge in [0.1, 0.15) is 0 Å². The standard InChI is InChI=1S/C16H23N5O2/c1-9(2)21-15-13(7-19-21)12(4-10(3)20-15)16(23)18-6-11-5-17-8-14(11)22/h4,7,9,11,14,17,22H,5-6,8H2,1-3H3,(H,18,23). The van der Waals surface area contributed by atoms with E-state index in [1.807, 2.05) is 25.5 Å². The number of aliphatic hydroxyl groups excluding tert-OH is 1. The van der Waals surface area contributed by atoms with E-state index in [-0.39, 0.29) is 17.9 Å². The summed E-state index contributed by atoms with van der Waals surface area (Å²) in [5.74, 6) is -0.0985. The zero-order chi connectivity index (χ0) is 16.6. The van der Waals surface area contributed by atoms with Gasteiger partial charge in [-0.05, 0) is 26.8 Å². The van der Waals surface area contributed by atoms with Crippen molar-refractivity contribution < 1.29 is 9.90 Å². The number of hydrogen-bond donors (Lipinski definition) is 3. The van der Waals surface area contributed by atoms with E-state index in [1.54, 1.807) is 12.3 Å². The topological polar surface area (TPSA) is 92.1 Å². The van der Waals surface area contributed by atoms with Gasteiger partial charge >= 0.3 is 0 Å². The Balaban J connectivity index is 1.85. The number of β-amino-alcohol motifs (C(OH)–C–C–N with tert-alkyl or cyclic N) is 1. The summed E-state index contributed by atoms with van der Waals surface area (Å²) in [6, 6.07) is 1.96. The first-order valence-electron chi connectivity index (χ1n) is 7.99. The van der Waals surface area contributed by atoms with Crippen LogP contribution in [0.1, 0.15) is 35.9 Å². The van der Waals surface area contributed by atoms with Crippen molar-refractivity contribution in [3.05, 3.63) is 23.5 Å². The molecule has 0 spiro atoms. The summed E-state index contributed by atoms with van der Waals surface area (Å²) < 4.78 is 1.82. The van der Waals surface area contributed by atoms with Crippen LogP contribution in [-0.2, 0) is 0 Å². The number of aromatic nitrogens is 3. The molecule has 3 rings (SSSR count). The predicted molar refractivity (Wildman–Crippen MR) is 87.3 cm³/mol. The molecule has 2 aromatic rings. The molecule has 1 aliphatic heterocycles. The number of hydrogen-bond acceptors (Lipinski definition) is 5. The number of rotatable bonds is 4. The van der Waals surface area contributed by atoms with Crippen LogP contribution in [-0.4, -0.2) is 51.5 Å². The third-order valence-electron chi connectivity index (χ3n) is 4.26. The SMILES string of the molecule is Cc1cc(C(=O)NCC2CNCC2O)c2cnn(C(C)C)c2n1. The van der Waals surface area contributed by atoms with Crippen LogP contribution >= 0.6 is 0 Å². The maximum atomic E-state index is 12.6. The Hall–Kier alpha value is -1.99. The van der Waals surface area contributed by atoms with Crippen LogP contribution in [0, 0.1) is 12.8 Å². The van der Waals surface area contributed by atoms with Crippen LogP contribution in [0.15, 0.2) is 12.3 Å². The van der Waals surface area contributed by atoms with Crippen molar-refractivity contribution in [3.8, 4) is 0 Å². The van der Waals surface area contributed by atoms with Crippen LogP contribution in [0.2, 0.25) is 0 Å². The first-order valence-corrected chi connectivity index (χ1v) is 7.99. The van der Waals surface area contributed by atoms with Crippen molar-refractivity contribution in [2.45, 2.75) is 32.9 Å². The summed E-state index contributed by atoms with van der Waals surface area (Å²) in [5.41, 5.74) is 2.10. The zero-order valence-corrected chi connectivity index (χ0v) is 13.7. The van der Waals surface area contributed by atoms with Crippen LogP contribution in [0.4, 0.5) is 0 Å². The quantitative estimate of drug-likeness (QED) is 0.769. The lowest BCUT2D eigenvalue weighted by Crippen LogP contribution is -2.34. The van der Waals surface area contributed by atoms with E-state index in [0.717, 1.165) is 23.3 Å². The Morgan fingerprint density at radius 2 is 2.30 bits per heavy atom. The predicted octanol–water partition coefficient (Wildman–Crippen LogP) is 0.631. The molecule has 1 saturated heterocycles. The zero-order valence-electron chi connectivity index (χ0n) is 13.7. The third kappa shape index (κ3) is 3.07. The minimum Gasteiger partial charge on any atom is -0.391 e. The van der Waals surface area contributed by atoms with Crippen molar-refractivity contribution in [3.63, 3.8) is 0 Å². The van der Waals surface area contributed by atoms with Gasteiger partial charge in [0.15, 0.2) is 5.65 Å². The van der Waals surface area contributed by atoms with Crippen molar-refractivity contribution in [1.82, 2.24) is 25.4 Å². The molecule has 0 bridgehead atoms. The molecule has 3 N–H and O–H groups in total.